The minimum Gasteiger partial charge on any atom is -0.348 e. The van der Waals surface area contributed by atoms with Gasteiger partial charge in [-0.2, -0.15) is 13.2 Å². The van der Waals surface area contributed by atoms with Crippen LogP contribution in [-0.4, -0.2) is 14.8 Å². The normalized spacial score (nSPS) is 18.1. The van der Waals surface area contributed by atoms with Gasteiger partial charge < -0.3 is 5.32 Å². The topological polar surface area (TPSA) is 42.0 Å². The van der Waals surface area contributed by atoms with Crippen molar-refractivity contribution in [3.8, 4) is 11.1 Å². The number of aromatic nitrogens is 1. The second-order valence-corrected chi connectivity index (χ2v) is 8.27. The number of amides is 1. The van der Waals surface area contributed by atoms with Crippen molar-refractivity contribution in [3.05, 3.63) is 53.3 Å². The fourth-order valence-corrected chi connectivity index (χ4v) is 3.43. The fourth-order valence-electron chi connectivity index (χ4n) is 3.25. The first-order valence-corrected chi connectivity index (χ1v) is 9.61. The number of hydrogen-bond donors (Lipinski definition) is 1. The van der Waals surface area contributed by atoms with E-state index >= 15 is 0 Å². The molecule has 0 saturated carbocycles. The summed E-state index contributed by atoms with van der Waals surface area (Å²) in [5.74, 6) is -0.0246. The monoisotopic (exact) mass is 474 g/mol. The van der Waals surface area contributed by atoms with Gasteiger partial charge in [0.25, 0.3) is 0 Å². The Bertz CT molecular complexity index is 803. The zero-order valence-corrected chi connectivity index (χ0v) is 16.3. The Morgan fingerprint density at radius 1 is 1.27 bits per heavy atom. The van der Waals surface area contributed by atoms with Gasteiger partial charge in [0, 0.05) is 18.0 Å². The Morgan fingerprint density at radius 3 is 2.58 bits per heavy atom. The van der Waals surface area contributed by atoms with Crippen LogP contribution in [0.25, 0.3) is 11.1 Å². The van der Waals surface area contributed by atoms with E-state index in [4.69, 9.17) is 0 Å². The molecule has 3 nitrogen and oxygen atoms in total. The van der Waals surface area contributed by atoms with Crippen molar-refractivity contribution in [2.45, 2.75) is 42.3 Å². The summed E-state index contributed by atoms with van der Waals surface area (Å²) in [5, 5.41) is 3.05. The lowest BCUT2D eigenvalue weighted by Gasteiger charge is -2.28. The van der Waals surface area contributed by atoms with Crippen LogP contribution < -0.4 is 5.32 Å². The summed E-state index contributed by atoms with van der Waals surface area (Å²) in [6.07, 6.45) is 1.65. The maximum atomic E-state index is 12.8. The van der Waals surface area contributed by atoms with E-state index in [1.54, 1.807) is 12.4 Å². The molecule has 26 heavy (non-hydrogen) atoms. The second-order valence-electron chi connectivity index (χ2n) is 6.40. The molecule has 1 amide bonds. The summed E-state index contributed by atoms with van der Waals surface area (Å²) in [6, 6.07) is 5.04. The Labute approximate surface area is 163 Å². The van der Waals surface area contributed by atoms with Crippen LogP contribution in [0.1, 0.15) is 42.5 Å². The highest BCUT2D eigenvalue weighted by Crippen LogP contribution is 2.37. The molecule has 1 unspecified atom stereocenters. The number of rotatable bonds is 3. The number of benzene rings is 1. The molecule has 138 valence electrons. The van der Waals surface area contributed by atoms with Gasteiger partial charge in [-0.15, -0.1) is 0 Å². The number of carbonyl (C=O) groups is 1. The second kappa shape index (κ2) is 7.54. The van der Waals surface area contributed by atoms with Gasteiger partial charge in [-0.3, -0.25) is 9.78 Å². The molecule has 1 aromatic carbocycles. The molecule has 0 aliphatic heterocycles. The molecule has 0 spiro atoms. The predicted octanol–water partition coefficient (Wildman–Crippen LogP) is 5.08. The molecular formula is C19H18F3IN2O. The molecule has 3 rings (SSSR count). The van der Waals surface area contributed by atoms with E-state index in [9.17, 15) is 18.0 Å². The van der Waals surface area contributed by atoms with Crippen LogP contribution in [0.15, 0.2) is 36.7 Å². The quantitative estimate of drug-likeness (QED) is 0.498. The van der Waals surface area contributed by atoms with Gasteiger partial charge in [-0.1, -0.05) is 34.7 Å². The first-order chi connectivity index (χ1) is 12.3. The summed E-state index contributed by atoms with van der Waals surface area (Å²) in [4.78, 5) is 16.3. The summed E-state index contributed by atoms with van der Waals surface area (Å²) in [6.45, 7) is 1.83. The van der Waals surface area contributed by atoms with E-state index in [-0.39, 0.29) is 15.9 Å². The van der Waals surface area contributed by atoms with Crippen molar-refractivity contribution in [2.75, 3.05) is 0 Å². The Kier molecular flexibility index (Phi) is 5.55. The van der Waals surface area contributed by atoms with Crippen LogP contribution in [0.4, 0.5) is 13.2 Å². The minimum absolute atomic E-state index is 0.0246. The fraction of sp³-hybridized carbons (Fsp3) is 0.368. The summed E-state index contributed by atoms with van der Waals surface area (Å²) in [7, 11) is 0. The minimum atomic E-state index is -4.35. The van der Waals surface area contributed by atoms with Gasteiger partial charge in [0.15, 0.2) is 0 Å². The predicted molar refractivity (Wildman–Crippen MR) is 102 cm³/mol. The number of nitrogens with zero attached hydrogens (tertiary/aromatic N) is 1. The summed E-state index contributed by atoms with van der Waals surface area (Å²) < 4.78 is 38.2. The number of hydrogen-bond acceptors (Lipinski definition) is 2. The van der Waals surface area contributed by atoms with Gasteiger partial charge in [0.05, 0.1) is 15.5 Å². The Hall–Kier alpha value is -1.64. The van der Waals surface area contributed by atoms with E-state index in [1.807, 2.05) is 6.92 Å². The lowest BCUT2D eigenvalue weighted by Crippen LogP contribution is -2.35. The van der Waals surface area contributed by atoms with Gasteiger partial charge in [0.1, 0.15) is 0 Å². The third kappa shape index (κ3) is 4.02. The number of halogens is 4. The van der Waals surface area contributed by atoms with Crippen LogP contribution >= 0.6 is 22.6 Å². The molecule has 7 heteroatoms. The molecule has 0 fully saturated rings. The van der Waals surface area contributed by atoms with Gasteiger partial charge in [-0.05, 0) is 55.0 Å². The average Bonchev–Trinajstić information content (AvgIpc) is 2.61. The molecule has 1 N–H and O–H groups in total. The zero-order chi connectivity index (χ0) is 18.9. The summed E-state index contributed by atoms with van der Waals surface area (Å²) >= 11 is 2.07. The van der Waals surface area contributed by atoms with Crippen molar-refractivity contribution < 1.29 is 18.0 Å². The first kappa shape index (κ1) is 19.1. The van der Waals surface area contributed by atoms with E-state index in [0.717, 1.165) is 48.1 Å². The number of pyridine rings is 1. The first-order valence-electron chi connectivity index (χ1n) is 8.36. The van der Waals surface area contributed by atoms with E-state index < -0.39 is 11.7 Å². The van der Waals surface area contributed by atoms with Crippen LogP contribution in [0.2, 0.25) is 0 Å². The van der Waals surface area contributed by atoms with Crippen molar-refractivity contribution in [1.29, 1.82) is 0 Å². The number of nitrogens with one attached hydrogen (secondary N) is 1. The van der Waals surface area contributed by atoms with Crippen molar-refractivity contribution in [1.82, 2.24) is 10.3 Å². The molecule has 2 aromatic rings. The molecule has 1 heterocycles. The number of fused-ring (bicyclic) bond motifs is 1. The summed E-state index contributed by atoms with van der Waals surface area (Å²) in [5.41, 5.74) is 2.88. The van der Waals surface area contributed by atoms with Crippen LogP contribution in [-0.2, 0) is 17.4 Å². The zero-order valence-electron chi connectivity index (χ0n) is 14.1. The van der Waals surface area contributed by atoms with E-state index in [0.29, 0.717) is 5.56 Å². The highest BCUT2D eigenvalue weighted by Gasteiger charge is 2.30. The largest absolute Gasteiger partial charge is 0.416 e. The average molecular weight is 474 g/mol. The molecule has 0 radical (unpaired) electrons. The SMILES string of the molecule is C[C@@H](I)C(=O)NC1CCCc2c(-c3ccc(C(F)(F)F)cc3)cncc21. The van der Waals surface area contributed by atoms with Crippen molar-refractivity contribution in [3.63, 3.8) is 0 Å². The molecule has 1 aliphatic rings. The van der Waals surface area contributed by atoms with E-state index in [1.165, 1.54) is 12.1 Å². The smallest absolute Gasteiger partial charge is 0.348 e. The third-order valence-corrected chi connectivity index (χ3v) is 5.15. The molecule has 0 saturated heterocycles. The molecule has 1 aromatic heterocycles. The number of carbonyl (C=O) groups excluding carboxylic acids is 1. The van der Waals surface area contributed by atoms with Crippen LogP contribution in [0, 0.1) is 0 Å². The molecule has 1 aliphatic carbocycles. The lowest BCUT2D eigenvalue weighted by atomic mass is 9.84. The van der Waals surface area contributed by atoms with Crippen molar-refractivity contribution >= 4 is 28.5 Å². The van der Waals surface area contributed by atoms with Crippen molar-refractivity contribution in [2.24, 2.45) is 0 Å². The molecule has 2 atom stereocenters. The van der Waals surface area contributed by atoms with E-state index in [2.05, 4.69) is 32.9 Å². The number of alkyl halides is 4. The highest BCUT2D eigenvalue weighted by atomic mass is 127. The Balaban J connectivity index is 1.95. The maximum Gasteiger partial charge on any atom is 0.416 e. The standard InChI is InChI=1S/C19H18F3IN2O/c1-11(23)18(26)25-17-4-2-3-14-15(9-24-10-16(14)17)12-5-7-13(8-6-12)19(20,21)22/h5-11,17H,2-4H2,1H3,(H,25,26)/t11-,17?/m1/s1. The third-order valence-electron chi connectivity index (χ3n) is 4.59. The maximum absolute atomic E-state index is 12.8. The Morgan fingerprint density at radius 2 is 1.96 bits per heavy atom. The van der Waals surface area contributed by atoms with Gasteiger partial charge in [-0.25, -0.2) is 0 Å². The van der Waals surface area contributed by atoms with Gasteiger partial charge >= 0.3 is 6.18 Å². The molecular weight excluding hydrogens is 456 g/mol. The van der Waals surface area contributed by atoms with Gasteiger partial charge in [0.2, 0.25) is 5.91 Å². The lowest BCUT2D eigenvalue weighted by molar-refractivity contribution is -0.137. The van der Waals surface area contributed by atoms with Crippen LogP contribution in [0.5, 0.6) is 0 Å². The van der Waals surface area contributed by atoms with Crippen LogP contribution in [0.3, 0.4) is 0 Å². The molecule has 0 bridgehead atoms. The highest BCUT2D eigenvalue weighted by molar-refractivity contribution is 14.1.